The van der Waals surface area contributed by atoms with Crippen molar-refractivity contribution in [3.05, 3.63) is 35.5 Å². The Balaban J connectivity index is 3.81. The first kappa shape index (κ1) is 14.7. The Morgan fingerprint density at radius 1 is 1.06 bits per heavy atom. The first-order chi connectivity index (χ1) is 7.59. The van der Waals surface area contributed by atoms with Crippen LogP contribution in [0.5, 0.6) is 0 Å². The number of unbranched alkanes of at least 4 members (excludes halogenated alkanes) is 1. The maximum atomic E-state index is 10.7. The standard InChI is InChI=1S/C14H22O2/c1-4-5-6-7-8-9-10-11-12(2)13(3)14(15)16/h4-5,8-9H,6-7,10-11H2,1-3H3,(H,15,16). The van der Waals surface area contributed by atoms with Crippen LogP contribution in [0.4, 0.5) is 0 Å². The Morgan fingerprint density at radius 2 is 1.62 bits per heavy atom. The monoisotopic (exact) mass is 222 g/mol. The van der Waals surface area contributed by atoms with Gasteiger partial charge in [-0.3, -0.25) is 0 Å². The van der Waals surface area contributed by atoms with Crippen LogP contribution in [0, 0.1) is 0 Å². The van der Waals surface area contributed by atoms with E-state index in [0.29, 0.717) is 5.57 Å². The molecule has 0 fully saturated rings. The summed E-state index contributed by atoms with van der Waals surface area (Å²) < 4.78 is 0. The van der Waals surface area contributed by atoms with Gasteiger partial charge >= 0.3 is 5.97 Å². The van der Waals surface area contributed by atoms with Crippen molar-refractivity contribution >= 4 is 5.97 Å². The fourth-order valence-corrected chi connectivity index (χ4v) is 1.26. The van der Waals surface area contributed by atoms with Gasteiger partial charge < -0.3 is 5.11 Å². The lowest BCUT2D eigenvalue weighted by atomic mass is 10.1. The fraction of sp³-hybridized carbons (Fsp3) is 0.500. The summed E-state index contributed by atoms with van der Waals surface area (Å²) in [4.78, 5) is 10.7. The van der Waals surface area contributed by atoms with Gasteiger partial charge in [0.1, 0.15) is 0 Å². The predicted molar refractivity (Wildman–Crippen MR) is 68.4 cm³/mol. The molecule has 0 aliphatic carbocycles. The molecule has 0 atom stereocenters. The molecular formula is C14H22O2. The van der Waals surface area contributed by atoms with Gasteiger partial charge in [0.05, 0.1) is 0 Å². The minimum Gasteiger partial charge on any atom is -0.478 e. The SMILES string of the molecule is CC=CCCC=CCCC(C)=C(C)C(=O)O. The quantitative estimate of drug-likeness (QED) is 0.400. The predicted octanol–water partition coefficient (Wildman–Crippen LogP) is 4.10. The Morgan fingerprint density at radius 3 is 2.19 bits per heavy atom. The van der Waals surface area contributed by atoms with Crippen molar-refractivity contribution in [1.82, 2.24) is 0 Å². The van der Waals surface area contributed by atoms with E-state index in [9.17, 15) is 4.79 Å². The van der Waals surface area contributed by atoms with Gasteiger partial charge in [0.15, 0.2) is 0 Å². The number of aliphatic carboxylic acids is 1. The molecule has 0 aromatic heterocycles. The number of carbonyl (C=O) groups is 1. The van der Waals surface area contributed by atoms with Crippen molar-refractivity contribution in [2.24, 2.45) is 0 Å². The van der Waals surface area contributed by atoms with E-state index in [2.05, 4.69) is 24.3 Å². The van der Waals surface area contributed by atoms with Gasteiger partial charge in [-0.25, -0.2) is 4.79 Å². The van der Waals surface area contributed by atoms with E-state index in [0.717, 1.165) is 31.3 Å². The molecule has 0 aliphatic rings. The molecule has 0 aliphatic heterocycles. The molecule has 0 unspecified atom stereocenters. The molecule has 0 aromatic rings. The average molecular weight is 222 g/mol. The molecule has 90 valence electrons. The van der Waals surface area contributed by atoms with Gasteiger partial charge in [-0.05, 0) is 46.5 Å². The van der Waals surface area contributed by atoms with Crippen molar-refractivity contribution in [2.75, 3.05) is 0 Å². The Labute approximate surface area is 98.4 Å². The minimum atomic E-state index is -0.811. The molecule has 1 N–H and O–H groups in total. The molecule has 0 aromatic carbocycles. The van der Waals surface area contributed by atoms with Crippen molar-refractivity contribution < 1.29 is 9.90 Å². The second-order valence-corrected chi connectivity index (χ2v) is 3.87. The minimum absolute atomic E-state index is 0.474. The summed E-state index contributed by atoms with van der Waals surface area (Å²) in [5.74, 6) is -0.811. The van der Waals surface area contributed by atoms with Crippen molar-refractivity contribution in [2.45, 2.75) is 46.5 Å². The highest BCUT2D eigenvalue weighted by Crippen LogP contribution is 2.11. The zero-order valence-corrected chi connectivity index (χ0v) is 10.5. The Kier molecular flexibility index (Phi) is 8.22. The molecule has 0 saturated heterocycles. The zero-order chi connectivity index (χ0) is 12.4. The Hall–Kier alpha value is -1.31. The fourth-order valence-electron chi connectivity index (χ4n) is 1.26. The molecular weight excluding hydrogens is 200 g/mol. The number of hydrogen-bond acceptors (Lipinski definition) is 1. The second kappa shape index (κ2) is 8.96. The van der Waals surface area contributed by atoms with Crippen LogP contribution < -0.4 is 0 Å². The summed E-state index contributed by atoms with van der Waals surface area (Å²) in [6.45, 7) is 5.57. The first-order valence-electron chi connectivity index (χ1n) is 5.75. The van der Waals surface area contributed by atoms with Crippen LogP contribution in [0.15, 0.2) is 35.5 Å². The summed E-state index contributed by atoms with van der Waals surface area (Å²) in [6, 6.07) is 0. The third-order valence-electron chi connectivity index (χ3n) is 2.55. The van der Waals surface area contributed by atoms with Crippen LogP contribution in [0.3, 0.4) is 0 Å². The third kappa shape index (κ3) is 7.04. The maximum absolute atomic E-state index is 10.7. The number of allylic oxidation sites excluding steroid dienone is 5. The molecule has 0 rings (SSSR count). The highest BCUT2D eigenvalue weighted by molar-refractivity contribution is 5.86. The van der Waals surface area contributed by atoms with E-state index in [1.54, 1.807) is 6.92 Å². The van der Waals surface area contributed by atoms with Gasteiger partial charge in [0.25, 0.3) is 0 Å². The highest BCUT2D eigenvalue weighted by Gasteiger charge is 2.03. The van der Waals surface area contributed by atoms with Gasteiger partial charge in [0.2, 0.25) is 0 Å². The van der Waals surface area contributed by atoms with Crippen LogP contribution >= 0.6 is 0 Å². The molecule has 0 heterocycles. The Bertz CT molecular complexity index is 296. The molecule has 0 radical (unpaired) electrons. The first-order valence-corrected chi connectivity index (χ1v) is 5.75. The van der Waals surface area contributed by atoms with Gasteiger partial charge in [-0.1, -0.05) is 29.9 Å². The number of hydrogen-bond donors (Lipinski definition) is 1. The number of carboxylic acid groups (broad SMARTS) is 1. The largest absolute Gasteiger partial charge is 0.478 e. The molecule has 2 nitrogen and oxygen atoms in total. The van der Waals surface area contributed by atoms with Crippen LogP contribution in [0.2, 0.25) is 0 Å². The summed E-state index contributed by atoms with van der Waals surface area (Å²) in [6.07, 6.45) is 12.4. The molecule has 0 spiro atoms. The van der Waals surface area contributed by atoms with E-state index in [-0.39, 0.29) is 0 Å². The van der Waals surface area contributed by atoms with Crippen LogP contribution in [-0.2, 0) is 4.79 Å². The van der Waals surface area contributed by atoms with Crippen molar-refractivity contribution in [3.8, 4) is 0 Å². The smallest absolute Gasteiger partial charge is 0.331 e. The summed E-state index contributed by atoms with van der Waals surface area (Å²) in [5, 5.41) is 8.77. The molecule has 0 saturated carbocycles. The lowest BCUT2D eigenvalue weighted by molar-refractivity contribution is -0.132. The third-order valence-corrected chi connectivity index (χ3v) is 2.55. The molecule has 0 amide bonds. The molecule has 16 heavy (non-hydrogen) atoms. The summed E-state index contributed by atoms with van der Waals surface area (Å²) in [5.41, 5.74) is 1.44. The number of carboxylic acids is 1. The lowest BCUT2D eigenvalue weighted by Gasteiger charge is -2.01. The highest BCUT2D eigenvalue weighted by atomic mass is 16.4. The topological polar surface area (TPSA) is 37.3 Å². The van der Waals surface area contributed by atoms with Gasteiger partial charge in [-0.15, -0.1) is 0 Å². The summed E-state index contributed by atoms with van der Waals surface area (Å²) in [7, 11) is 0. The normalized spacial score (nSPS) is 13.4. The zero-order valence-electron chi connectivity index (χ0n) is 10.5. The van der Waals surface area contributed by atoms with E-state index in [4.69, 9.17) is 5.11 Å². The summed E-state index contributed by atoms with van der Waals surface area (Å²) >= 11 is 0. The van der Waals surface area contributed by atoms with E-state index < -0.39 is 5.97 Å². The van der Waals surface area contributed by atoms with Crippen molar-refractivity contribution in [3.63, 3.8) is 0 Å². The van der Waals surface area contributed by atoms with Crippen LogP contribution in [0.1, 0.15) is 46.5 Å². The van der Waals surface area contributed by atoms with E-state index in [1.807, 2.05) is 13.8 Å². The second-order valence-electron chi connectivity index (χ2n) is 3.87. The maximum Gasteiger partial charge on any atom is 0.331 e. The van der Waals surface area contributed by atoms with Crippen LogP contribution in [0.25, 0.3) is 0 Å². The van der Waals surface area contributed by atoms with E-state index in [1.165, 1.54) is 0 Å². The average Bonchev–Trinajstić information content (AvgIpc) is 2.26. The van der Waals surface area contributed by atoms with Crippen LogP contribution in [-0.4, -0.2) is 11.1 Å². The number of rotatable bonds is 7. The molecule has 0 bridgehead atoms. The van der Waals surface area contributed by atoms with Gasteiger partial charge in [-0.2, -0.15) is 0 Å². The van der Waals surface area contributed by atoms with Gasteiger partial charge in [0, 0.05) is 5.57 Å². The lowest BCUT2D eigenvalue weighted by Crippen LogP contribution is -1.99. The van der Waals surface area contributed by atoms with Crippen molar-refractivity contribution in [1.29, 1.82) is 0 Å². The van der Waals surface area contributed by atoms with E-state index >= 15 is 0 Å². The molecule has 2 heteroatoms.